The Labute approximate surface area is 108 Å². The fraction of sp³-hybridized carbons (Fsp3) is 0. The lowest BCUT2D eigenvalue weighted by Gasteiger charge is -1.98. The van der Waals surface area contributed by atoms with Crippen LogP contribution in [-0.2, 0) is 4.79 Å². The molecule has 90 valence electrons. The number of aldehydes is 1. The van der Waals surface area contributed by atoms with E-state index in [4.69, 9.17) is 0 Å². The molecule has 1 amide bonds. The largest absolute Gasteiger partial charge is 0.321 e. The molecular weight excluding hydrogens is 248 g/mol. The van der Waals surface area contributed by atoms with Crippen molar-refractivity contribution >= 4 is 29.2 Å². The number of pyridine rings is 1. The van der Waals surface area contributed by atoms with E-state index < -0.39 is 0 Å². The number of nitrogens with zero attached hydrogens (tertiary/aromatic N) is 1. The van der Waals surface area contributed by atoms with Crippen LogP contribution in [0.4, 0.5) is 5.69 Å². The van der Waals surface area contributed by atoms with Crippen molar-refractivity contribution in [3.05, 3.63) is 48.1 Å². The molecule has 0 radical (unpaired) electrons. The van der Waals surface area contributed by atoms with Gasteiger partial charge in [-0.2, -0.15) is 0 Å². The third-order valence-corrected chi connectivity index (χ3v) is 3.39. The number of carbonyl (C=O) groups excluding carboxylic acids is 2. The van der Waals surface area contributed by atoms with Gasteiger partial charge in [0.1, 0.15) is 0 Å². The van der Waals surface area contributed by atoms with Gasteiger partial charge in [0, 0.05) is 17.3 Å². The zero-order valence-electron chi connectivity index (χ0n) is 9.42. The maximum absolute atomic E-state index is 11.2. The molecule has 0 aromatic carbocycles. The van der Waals surface area contributed by atoms with Gasteiger partial charge in [0.25, 0.3) is 0 Å². The standard InChI is InChI=1S/C13H10N2O2S/c1-2-13(17)15-10-7-11(18-12(10)8-16)9-3-5-14-6-4-9/h2-8H,1H2,(H,15,17). The minimum Gasteiger partial charge on any atom is -0.321 e. The summed E-state index contributed by atoms with van der Waals surface area (Å²) in [6, 6.07) is 5.46. The Morgan fingerprint density at radius 3 is 2.72 bits per heavy atom. The molecule has 0 aliphatic carbocycles. The molecular formula is C13H10N2O2S. The lowest BCUT2D eigenvalue weighted by atomic mass is 10.2. The Morgan fingerprint density at radius 1 is 1.39 bits per heavy atom. The lowest BCUT2D eigenvalue weighted by molar-refractivity contribution is -0.111. The van der Waals surface area contributed by atoms with Crippen LogP contribution in [0.25, 0.3) is 10.4 Å². The number of hydrogen-bond acceptors (Lipinski definition) is 4. The molecule has 0 unspecified atom stereocenters. The van der Waals surface area contributed by atoms with Crippen molar-refractivity contribution in [2.24, 2.45) is 0 Å². The molecule has 2 heterocycles. The number of anilines is 1. The van der Waals surface area contributed by atoms with Crippen LogP contribution in [0.1, 0.15) is 9.67 Å². The van der Waals surface area contributed by atoms with Crippen molar-refractivity contribution < 1.29 is 9.59 Å². The summed E-state index contributed by atoms with van der Waals surface area (Å²) in [6.45, 7) is 3.37. The van der Waals surface area contributed by atoms with Crippen molar-refractivity contribution in [1.82, 2.24) is 4.98 Å². The van der Waals surface area contributed by atoms with Gasteiger partial charge >= 0.3 is 0 Å². The van der Waals surface area contributed by atoms with E-state index >= 15 is 0 Å². The topological polar surface area (TPSA) is 59.1 Å². The van der Waals surface area contributed by atoms with E-state index in [-0.39, 0.29) is 5.91 Å². The van der Waals surface area contributed by atoms with Gasteiger partial charge in [0.2, 0.25) is 5.91 Å². The zero-order valence-corrected chi connectivity index (χ0v) is 10.2. The molecule has 0 fully saturated rings. The first kappa shape index (κ1) is 12.2. The van der Waals surface area contributed by atoms with E-state index in [1.165, 1.54) is 17.4 Å². The highest BCUT2D eigenvalue weighted by molar-refractivity contribution is 7.17. The fourth-order valence-electron chi connectivity index (χ4n) is 1.43. The number of nitrogens with one attached hydrogen (secondary N) is 1. The highest BCUT2D eigenvalue weighted by atomic mass is 32.1. The number of aromatic nitrogens is 1. The molecule has 2 aromatic rings. The van der Waals surface area contributed by atoms with E-state index in [0.717, 1.165) is 16.7 Å². The quantitative estimate of drug-likeness (QED) is 0.677. The van der Waals surface area contributed by atoms with Gasteiger partial charge in [-0.25, -0.2) is 0 Å². The van der Waals surface area contributed by atoms with E-state index in [0.29, 0.717) is 10.6 Å². The maximum Gasteiger partial charge on any atom is 0.247 e. The molecule has 2 rings (SSSR count). The highest BCUT2D eigenvalue weighted by Gasteiger charge is 2.11. The Hall–Kier alpha value is -2.27. The lowest BCUT2D eigenvalue weighted by Crippen LogP contribution is -2.07. The molecule has 0 spiro atoms. The van der Waals surface area contributed by atoms with E-state index in [1.807, 2.05) is 12.1 Å². The first-order valence-electron chi connectivity index (χ1n) is 5.17. The van der Waals surface area contributed by atoms with Crippen LogP contribution in [0.5, 0.6) is 0 Å². The van der Waals surface area contributed by atoms with Crippen LogP contribution in [0.2, 0.25) is 0 Å². The third kappa shape index (κ3) is 2.52. The normalized spacial score (nSPS) is 9.78. The molecule has 0 aliphatic rings. The van der Waals surface area contributed by atoms with Gasteiger partial charge in [0.15, 0.2) is 6.29 Å². The minimum absolute atomic E-state index is 0.336. The molecule has 2 aromatic heterocycles. The molecule has 0 saturated heterocycles. The second-order valence-electron chi connectivity index (χ2n) is 3.44. The summed E-state index contributed by atoms with van der Waals surface area (Å²) in [5.41, 5.74) is 1.46. The minimum atomic E-state index is -0.336. The molecule has 4 nitrogen and oxygen atoms in total. The van der Waals surface area contributed by atoms with E-state index in [9.17, 15) is 9.59 Å². The molecule has 18 heavy (non-hydrogen) atoms. The Kier molecular flexibility index (Phi) is 3.64. The first-order chi connectivity index (χ1) is 8.74. The smallest absolute Gasteiger partial charge is 0.247 e. The van der Waals surface area contributed by atoms with Crippen molar-refractivity contribution in [3.8, 4) is 10.4 Å². The highest BCUT2D eigenvalue weighted by Crippen LogP contribution is 2.33. The van der Waals surface area contributed by atoms with Gasteiger partial charge < -0.3 is 5.32 Å². The monoisotopic (exact) mass is 258 g/mol. The average Bonchev–Trinajstić information content (AvgIpc) is 2.82. The summed E-state index contributed by atoms with van der Waals surface area (Å²) >= 11 is 1.32. The number of thiophene rings is 1. The summed E-state index contributed by atoms with van der Waals surface area (Å²) in [7, 11) is 0. The van der Waals surface area contributed by atoms with Crippen LogP contribution >= 0.6 is 11.3 Å². The number of hydrogen-bond donors (Lipinski definition) is 1. The van der Waals surface area contributed by atoms with Crippen LogP contribution < -0.4 is 5.32 Å². The van der Waals surface area contributed by atoms with Gasteiger partial charge in [-0.1, -0.05) is 6.58 Å². The second-order valence-corrected chi connectivity index (χ2v) is 4.52. The molecule has 0 saturated carbocycles. The maximum atomic E-state index is 11.2. The van der Waals surface area contributed by atoms with E-state index in [1.54, 1.807) is 18.5 Å². The molecule has 0 aliphatic heterocycles. The van der Waals surface area contributed by atoms with Crippen molar-refractivity contribution in [2.45, 2.75) is 0 Å². The number of rotatable bonds is 4. The predicted octanol–water partition coefficient (Wildman–Crippen LogP) is 2.75. The van der Waals surface area contributed by atoms with Crippen molar-refractivity contribution in [3.63, 3.8) is 0 Å². The van der Waals surface area contributed by atoms with Gasteiger partial charge in [-0.3, -0.25) is 14.6 Å². The Bertz CT molecular complexity index is 590. The van der Waals surface area contributed by atoms with E-state index in [2.05, 4.69) is 16.9 Å². The summed E-state index contributed by atoms with van der Waals surface area (Å²) in [5, 5.41) is 2.61. The van der Waals surface area contributed by atoms with Crippen LogP contribution in [0, 0.1) is 0 Å². The summed E-state index contributed by atoms with van der Waals surface area (Å²) < 4.78 is 0. The summed E-state index contributed by atoms with van der Waals surface area (Å²) in [5.74, 6) is -0.336. The summed E-state index contributed by atoms with van der Waals surface area (Å²) in [6.07, 6.45) is 5.25. The van der Waals surface area contributed by atoms with Gasteiger partial charge in [0.05, 0.1) is 10.6 Å². The third-order valence-electron chi connectivity index (χ3n) is 2.28. The van der Waals surface area contributed by atoms with Crippen LogP contribution in [0.3, 0.4) is 0 Å². The first-order valence-corrected chi connectivity index (χ1v) is 5.99. The van der Waals surface area contributed by atoms with Gasteiger partial charge in [-0.15, -0.1) is 11.3 Å². The van der Waals surface area contributed by atoms with Crippen molar-refractivity contribution in [2.75, 3.05) is 5.32 Å². The van der Waals surface area contributed by atoms with Crippen molar-refractivity contribution in [1.29, 1.82) is 0 Å². The second kappa shape index (κ2) is 5.37. The van der Waals surface area contributed by atoms with Crippen LogP contribution in [-0.4, -0.2) is 17.2 Å². The fourth-order valence-corrected chi connectivity index (χ4v) is 2.37. The molecule has 5 heteroatoms. The number of carbonyl (C=O) groups is 2. The Balaban J connectivity index is 2.38. The molecule has 0 bridgehead atoms. The van der Waals surface area contributed by atoms with Crippen LogP contribution in [0.15, 0.2) is 43.2 Å². The zero-order chi connectivity index (χ0) is 13.0. The number of amides is 1. The summed E-state index contributed by atoms with van der Waals surface area (Å²) in [4.78, 5) is 27.5. The molecule has 0 atom stereocenters. The predicted molar refractivity (Wildman–Crippen MR) is 71.8 cm³/mol. The SMILES string of the molecule is C=CC(=O)Nc1cc(-c2ccncc2)sc1C=O. The average molecular weight is 258 g/mol. The Morgan fingerprint density at radius 2 is 2.11 bits per heavy atom. The van der Waals surface area contributed by atoms with Gasteiger partial charge in [-0.05, 0) is 29.8 Å². The molecule has 1 N–H and O–H groups in total.